The molecule has 158 valence electrons. The second kappa shape index (κ2) is 9.61. The molecule has 0 unspecified atom stereocenters. The second-order valence-corrected chi connectivity index (χ2v) is 8.56. The third kappa shape index (κ3) is 4.67. The summed E-state index contributed by atoms with van der Waals surface area (Å²) >= 11 is 0. The van der Waals surface area contributed by atoms with Gasteiger partial charge in [-0.2, -0.15) is 0 Å². The Bertz CT molecular complexity index is 980. The van der Waals surface area contributed by atoms with Crippen LogP contribution in [0.15, 0.2) is 60.7 Å². The molecule has 1 saturated carbocycles. The van der Waals surface area contributed by atoms with Crippen LogP contribution in [0.3, 0.4) is 0 Å². The molecular weight excluding hydrogens is 373 g/mol. The van der Waals surface area contributed by atoms with Crippen LogP contribution in [-0.2, 0) is 0 Å². The van der Waals surface area contributed by atoms with Crippen molar-refractivity contribution in [2.45, 2.75) is 64.0 Å². The molecule has 2 nitrogen and oxygen atoms in total. The molecular formula is C27H32FNO. The molecule has 3 atom stereocenters. The Morgan fingerprint density at radius 3 is 2.73 bits per heavy atom. The van der Waals surface area contributed by atoms with Crippen LogP contribution in [0.4, 0.5) is 4.39 Å². The van der Waals surface area contributed by atoms with Crippen LogP contribution in [-0.4, -0.2) is 12.6 Å². The van der Waals surface area contributed by atoms with Gasteiger partial charge in [-0.3, -0.25) is 0 Å². The van der Waals surface area contributed by atoms with Gasteiger partial charge in [0.15, 0.2) is 11.6 Å². The molecule has 0 saturated heterocycles. The smallest absolute Gasteiger partial charge is 0.165 e. The summed E-state index contributed by atoms with van der Waals surface area (Å²) in [6.07, 6.45) is 5.26. The Labute approximate surface area is 179 Å². The maximum atomic E-state index is 14.5. The van der Waals surface area contributed by atoms with Crippen LogP contribution in [0.25, 0.3) is 10.8 Å². The summed E-state index contributed by atoms with van der Waals surface area (Å²) in [5.74, 6) is 0.551. The largest absolute Gasteiger partial charge is 0.491 e. The van der Waals surface area contributed by atoms with E-state index in [1.807, 2.05) is 6.07 Å². The summed E-state index contributed by atoms with van der Waals surface area (Å²) in [6, 6.07) is 21.4. The van der Waals surface area contributed by atoms with Gasteiger partial charge in [-0.1, -0.05) is 61.9 Å². The Morgan fingerprint density at radius 2 is 1.90 bits per heavy atom. The zero-order chi connectivity index (χ0) is 20.9. The standard InChI is InChI=1S/C27H32FNO/c1-3-4-16-30-27-15-13-22(18-26(27)28)21-12-14-23(17-21)29-19(2)24-11-7-9-20-8-5-6-10-25(20)24/h5-11,13,15,18-19,21,23,29H,3-4,12,14,16-17H2,1-2H3/t19-,21-,23+/m1/s1. The maximum Gasteiger partial charge on any atom is 0.165 e. The molecule has 0 amide bonds. The lowest BCUT2D eigenvalue weighted by Gasteiger charge is -2.21. The summed E-state index contributed by atoms with van der Waals surface area (Å²) in [6.45, 7) is 4.93. The molecule has 3 aromatic carbocycles. The third-order valence-electron chi connectivity index (χ3n) is 6.39. The van der Waals surface area contributed by atoms with Crippen LogP contribution in [0.1, 0.15) is 69.0 Å². The van der Waals surface area contributed by atoms with Gasteiger partial charge in [0.05, 0.1) is 6.61 Å². The number of halogens is 1. The van der Waals surface area contributed by atoms with Crippen molar-refractivity contribution in [1.29, 1.82) is 0 Å². The lowest BCUT2D eigenvalue weighted by atomic mass is 9.96. The topological polar surface area (TPSA) is 21.3 Å². The Hall–Kier alpha value is -2.39. The zero-order valence-corrected chi connectivity index (χ0v) is 18.0. The Morgan fingerprint density at radius 1 is 1.07 bits per heavy atom. The summed E-state index contributed by atoms with van der Waals surface area (Å²) in [4.78, 5) is 0. The quantitative estimate of drug-likeness (QED) is 0.402. The first-order chi connectivity index (χ1) is 14.7. The summed E-state index contributed by atoms with van der Waals surface area (Å²) < 4.78 is 20.0. The molecule has 0 aliphatic heterocycles. The van der Waals surface area contributed by atoms with Crippen molar-refractivity contribution < 1.29 is 9.13 Å². The lowest BCUT2D eigenvalue weighted by Crippen LogP contribution is -2.29. The summed E-state index contributed by atoms with van der Waals surface area (Å²) in [5, 5.41) is 6.43. The number of fused-ring (bicyclic) bond motifs is 1. The van der Waals surface area contributed by atoms with E-state index < -0.39 is 0 Å². The van der Waals surface area contributed by atoms with E-state index >= 15 is 0 Å². The van der Waals surface area contributed by atoms with Crippen molar-refractivity contribution in [3.63, 3.8) is 0 Å². The second-order valence-electron chi connectivity index (χ2n) is 8.56. The van der Waals surface area contributed by atoms with E-state index in [9.17, 15) is 4.39 Å². The molecule has 0 aromatic heterocycles. The van der Waals surface area contributed by atoms with Gasteiger partial charge in [0.1, 0.15) is 0 Å². The molecule has 1 fully saturated rings. The molecule has 0 spiro atoms. The third-order valence-corrected chi connectivity index (χ3v) is 6.39. The molecule has 3 aromatic rings. The molecule has 1 aliphatic rings. The number of ether oxygens (including phenoxy) is 1. The first-order valence-corrected chi connectivity index (χ1v) is 11.3. The first kappa shape index (κ1) is 20.9. The van der Waals surface area contributed by atoms with E-state index in [1.165, 1.54) is 16.3 Å². The molecule has 1 N–H and O–H groups in total. The molecule has 4 rings (SSSR count). The van der Waals surface area contributed by atoms with Crippen LogP contribution in [0, 0.1) is 5.82 Å². The average Bonchev–Trinajstić information content (AvgIpc) is 3.23. The predicted molar refractivity (Wildman–Crippen MR) is 123 cm³/mol. The average molecular weight is 406 g/mol. The zero-order valence-electron chi connectivity index (χ0n) is 18.0. The highest BCUT2D eigenvalue weighted by Crippen LogP contribution is 2.37. The van der Waals surface area contributed by atoms with E-state index in [1.54, 1.807) is 12.1 Å². The minimum atomic E-state index is -0.232. The number of hydrogen-bond acceptors (Lipinski definition) is 2. The minimum Gasteiger partial charge on any atom is -0.491 e. The molecule has 0 bridgehead atoms. The van der Waals surface area contributed by atoms with Crippen molar-refractivity contribution in [3.8, 4) is 5.75 Å². The fraction of sp³-hybridized carbons (Fsp3) is 0.407. The van der Waals surface area contributed by atoms with Gasteiger partial charge in [-0.25, -0.2) is 4.39 Å². The lowest BCUT2D eigenvalue weighted by molar-refractivity contribution is 0.294. The highest BCUT2D eigenvalue weighted by atomic mass is 19.1. The van der Waals surface area contributed by atoms with Gasteiger partial charge in [-0.05, 0) is 72.6 Å². The maximum absolute atomic E-state index is 14.5. The summed E-state index contributed by atoms with van der Waals surface area (Å²) in [7, 11) is 0. The van der Waals surface area contributed by atoms with Crippen molar-refractivity contribution in [2.75, 3.05) is 6.61 Å². The van der Waals surface area contributed by atoms with Gasteiger partial charge in [-0.15, -0.1) is 0 Å². The van der Waals surface area contributed by atoms with E-state index in [0.717, 1.165) is 37.7 Å². The van der Waals surface area contributed by atoms with E-state index in [4.69, 9.17) is 4.74 Å². The van der Waals surface area contributed by atoms with Gasteiger partial charge >= 0.3 is 0 Å². The number of unbranched alkanes of at least 4 members (excludes halogenated alkanes) is 1. The molecule has 30 heavy (non-hydrogen) atoms. The van der Waals surface area contributed by atoms with Gasteiger partial charge < -0.3 is 10.1 Å². The van der Waals surface area contributed by atoms with Crippen molar-refractivity contribution >= 4 is 10.8 Å². The molecule has 0 heterocycles. The van der Waals surface area contributed by atoms with E-state index in [2.05, 4.69) is 61.6 Å². The monoisotopic (exact) mass is 405 g/mol. The predicted octanol–water partition coefficient (Wildman–Crippen LogP) is 7.14. The number of nitrogens with one attached hydrogen (secondary N) is 1. The van der Waals surface area contributed by atoms with E-state index in [-0.39, 0.29) is 11.9 Å². The van der Waals surface area contributed by atoms with Crippen LogP contribution in [0.5, 0.6) is 5.75 Å². The molecule has 0 radical (unpaired) electrons. The van der Waals surface area contributed by atoms with Gasteiger partial charge in [0.25, 0.3) is 0 Å². The van der Waals surface area contributed by atoms with Crippen molar-refractivity contribution in [3.05, 3.63) is 77.6 Å². The number of rotatable bonds is 8. The number of hydrogen-bond donors (Lipinski definition) is 1. The van der Waals surface area contributed by atoms with E-state index in [0.29, 0.717) is 24.3 Å². The van der Waals surface area contributed by atoms with Crippen LogP contribution < -0.4 is 10.1 Å². The summed E-state index contributed by atoms with van der Waals surface area (Å²) in [5.41, 5.74) is 2.44. The van der Waals surface area contributed by atoms with Gasteiger partial charge in [0, 0.05) is 12.1 Å². The fourth-order valence-electron chi connectivity index (χ4n) is 4.72. The fourth-order valence-corrected chi connectivity index (χ4v) is 4.72. The minimum absolute atomic E-state index is 0.232. The Balaban J connectivity index is 1.39. The highest BCUT2D eigenvalue weighted by Gasteiger charge is 2.27. The molecule has 1 aliphatic carbocycles. The normalized spacial score (nSPS) is 19.8. The van der Waals surface area contributed by atoms with Crippen molar-refractivity contribution in [1.82, 2.24) is 5.32 Å². The first-order valence-electron chi connectivity index (χ1n) is 11.3. The van der Waals surface area contributed by atoms with Crippen LogP contribution in [0.2, 0.25) is 0 Å². The molecule has 3 heteroatoms. The van der Waals surface area contributed by atoms with Gasteiger partial charge in [0.2, 0.25) is 0 Å². The SMILES string of the molecule is CCCCOc1ccc([C@@H]2CC[C@H](N[C@H](C)c3cccc4ccccc34)C2)cc1F. The Kier molecular flexibility index (Phi) is 6.69. The highest BCUT2D eigenvalue weighted by molar-refractivity contribution is 5.86. The van der Waals surface area contributed by atoms with Crippen LogP contribution >= 0.6 is 0 Å². The number of benzene rings is 3. The van der Waals surface area contributed by atoms with Crippen molar-refractivity contribution in [2.24, 2.45) is 0 Å².